The maximum Gasteiger partial charge on any atom is 0.266 e. The molecule has 1 amide bonds. The molecule has 1 aliphatic heterocycles. The fourth-order valence-corrected chi connectivity index (χ4v) is 5.80. The van der Waals surface area contributed by atoms with Crippen LogP contribution in [0, 0.1) is 12.3 Å². The van der Waals surface area contributed by atoms with Crippen LogP contribution >= 0.6 is 27.3 Å². The molecule has 3 rings (SSSR count). The van der Waals surface area contributed by atoms with E-state index in [2.05, 4.69) is 26.8 Å². The van der Waals surface area contributed by atoms with E-state index in [0.717, 1.165) is 33.8 Å². The molecule has 0 radical (unpaired) electrons. The van der Waals surface area contributed by atoms with E-state index in [0.29, 0.717) is 17.8 Å². The third-order valence-electron chi connectivity index (χ3n) is 4.26. The summed E-state index contributed by atoms with van der Waals surface area (Å²) < 4.78 is 28.9. The van der Waals surface area contributed by atoms with Crippen molar-refractivity contribution in [2.45, 2.75) is 31.8 Å². The van der Waals surface area contributed by atoms with Gasteiger partial charge < -0.3 is 4.57 Å². The molecule has 0 aliphatic carbocycles. The predicted molar refractivity (Wildman–Crippen MR) is 106 cm³/mol. The molecule has 2 heterocycles. The smallest absolute Gasteiger partial charge is 0.266 e. The van der Waals surface area contributed by atoms with Gasteiger partial charge in [0.25, 0.3) is 5.91 Å². The predicted octanol–water partition coefficient (Wildman–Crippen LogP) is 2.34. The van der Waals surface area contributed by atoms with Crippen LogP contribution in [-0.4, -0.2) is 42.0 Å². The molecule has 9 heteroatoms. The van der Waals surface area contributed by atoms with Crippen LogP contribution in [0.15, 0.2) is 27.7 Å². The number of thiazole rings is 1. The number of fused-ring (bicyclic) bond motifs is 1. The molecule has 1 aliphatic rings. The second-order valence-electron chi connectivity index (χ2n) is 6.12. The third-order valence-corrected chi connectivity index (χ3v) is 7.09. The first kappa shape index (κ1) is 19.3. The summed E-state index contributed by atoms with van der Waals surface area (Å²) in [6.07, 6.45) is 8.65. The molecule has 1 saturated heterocycles. The van der Waals surface area contributed by atoms with Crippen molar-refractivity contribution in [3.05, 3.63) is 27.5 Å². The highest BCUT2D eigenvalue weighted by Crippen LogP contribution is 2.23. The maximum absolute atomic E-state index is 12.8. The number of hydrogen-bond acceptors (Lipinski definition) is 4. The first-order valence-electron chi connectivity index (χ1n) is 8.09. The van der Waals surface area contributed by atoms with Crippen molar-refractivity contribution in [1.82, 2.24) is 8.87 Å². The number of terminal acetylenes is 1. The normalized spacial score (nSPS) is 19.6. The van der Waals surface area contributed by atoms with Gasteiger partial charge in [-0.25, -0.2) is 8.42 Å². The van der Waals surface area contributed by atoms with Gasteiger partial charge in [-0.15, -0.1) is 6.42 Å². The van der Waals surface area contributed by atoms with Crippen molar-refractivity contribution >= 4 is 53.4 Å². The number of amides is 1. The topological polar surface area (TPSA) is 71.7 Å². The average molecular weight is 456 g/mol. The van der Waals surface area contributed by atoms with Gasteiger partial charge in [0.1, 0.15) is 6.04 Å². The molecule has 6 nitrogen and oxygen atoms in total. The molecule has 26 heavy (non-hydrogen) atoms. The van der Waals surface area contributed by atoms with Gasteiger partial charge in [-0.05, 0) is 31.0 Å². The van der Waals surface area contributed by atoms with Gasteiger partial charge in [-0.1, -0.05) is 39.6 Å². The Bertz CT molecular complexity index is 1060. The number of sulfonamides is 1. The van der Waals surface area contributed by atoms with Gasteiger partial charge in [0.2, 0.25) is 10.0 Å². The van der Waals surface area contributed by atoms with Crippen molar-refractivity contribution in [3.8, 4) is 12.3 Å². The lowest BCUT2D eigenvalue weighted by Crippen LogP contribution is -2.47. The Labute approximate surface area is 164 Å². The lowest BCUT2D eigenvalue weighted by atomic mass is 10.0. The summed E-state index contributed by atoms with van der Waals surface area (Å²) >= 11 is 4.80. The molecule has 0 spiro atoms. The van der Waals surface area contributed by atoms with Crippen LogP contribution in [0.1, 0.15) is 19.3 Å². The summed E-state index contributed by atoms with van der Waals surface area (Å²) in [5.41, 5.74) is 0.895. The molecule has 1 atom stereocenters. The van der Waals surface area contributed by atoms with Gasteiger partial charge in [-0.2, -0.15) is 9.30 Å². The Morgan fingerprint density at radius 3 is 2.92 bits per heavy atom. The number of aromatic nitrogens is 1. The van der Waals surface area contributed by atoms with Crippen LogP contribution < -0.4 is 4.80 Å². The number of benzene rings is 1. The third kappa shape index (κ3) is 3.93. The number of halogens is 1. The molecule has 1 aromatic heterocycles. The van der Waals surface area contributed by atoms with Crippen molar-refractivity contribution < 1.29 is 13.2 Å². The minimum atomic E-state index is -3.45. The first-order valence-corrected chi connectivity index (χ1v) is 11.5. The van der Waals surface area contributed by atoms with Gasteiger partial charge >= 0.3 is 0 Å². The zero-order chi connectivity index (χ0) is 18.9. The molecule has 1 unspecified atom stereocenters. The Morgan fingerprint density at radius 2 is 2.23 bits per heavy atom. The van der Waals surface area contributed by atoms with Crippen LogP contribution in [0.5, 0.6) is 0 Å². The Morgan fingerprint density at radius 1 is 1.46 bits per heavy atom. The Kier molecular flexibility index (Phi) is 5.67. The number of carbonyl (C=O) groups is 1. The highest BCUT2D eigenvalue weighted by atomic mass is 79.9. The van der Waals surface area contributed by atoms with Gasteiger partial charge in [0.05, 0.1) is 23.0 Å². The molecule has 138 valence electrons. The van der Waals surface area contributed by atoms with E-state index in [1.54, 1.807) is 4.57 Å². The fraction of sp³-hybridized carbons (Fsp3) is 0.412. The quantitative estimate of drug-likeness (QED) is 0.666. The zero-order valence-electron chi connectivity index (χ0n) is 14.2. The lowest BCUT2D eigenvalue weighted by molar-refractivity contribution is -0.122. The van der Waals surface area contributed by atoms with Crippen LogP contribution in [0.3, 0.4) is 0 Å². The summed E-state index contributed by atoms with van der Waals surface area (Å²) in [6, 6.07) is 5.02. The number of hydrogen-bond donors (Lipinski definition) is 0. The average Bonchev–Trinajstić information content (AvgIpc) is 2.91. The second kappa shape index (κ2) is 7.64. The van der Waals surface area contributed by atoms with Gasteiger partial charge in [0.15, 0.2) is 4.80 Å². The second-order valence-corrected chi connectivity index (χ2v) is 9.98. The van der Waals surface area contributed by atoms with E-state index in [1.807, 2.05) is 18.2 Å². The van der Waals surface area contributed by atoms with E-state index >= 15 is 0 Å². The summed E-state index contributed by atoms with van der Waals surface area (Å²) in [7, 11) is -3.45. The van der Waals surface area contributed by atoms with E-state index < -0.39 is 22.0 Å². The minimum absolute atomic E-state index is 0.286. The highest BCUT2D eigenvalue weighted by molar-refractivity contribution is 9.10. The minimum Gasteiger partial charge on any atom is -0.305 e. The highest BCUT2D eigenvalue weighted by Gasteiger charge is 2.34. The lowest BCUT2D eigenvalue weighted by Gasteiger charge is -2.31. The summed E-state index contributed by atoms with van der Waals surface area (Å²) in [5.74, 6) is 2.14. The number of rotatable bonds is 3. The first-order chi connectivity index (χ1) is 12.3. The number of nitrogens with zero attached hydrogens (tertiary/aromatic N) is 3. The number of carbonyl (C=O) groups excluding carboxylic acids is 1. The van der Waals surface area contributed by atoms with Crippen molar-refractivity contribution in [2.75, 3.05) is 12.8 Å². The molecule has 0 saturated carbocycles. The van der Waals surface area contributed by atoms with E-state index in [9.17, 15) is 13.2 Å². The molecule has 0 bridgehead atoms. The molecule has 0 N–H and O–H groups in total. The number of piperidine rings is 1. The monoisotopic (exact) mass is 455 g/mol. The summed E-state index contributed by atoms with van der Waals surface area (Å²) in [5, 5.41) is 0. The fourth-order valence-electron chi connectivity index (χ4n) is 3.09. The van der Waals surface area contributed by atoms with Crippen LogP contribution in [0.25, 0.3) is 10.2 Å². The van der Waals surface area contributed by atoms with Crippen molar-refractivity contribution in [3.63, 3.8) is 0 Å². The Hall–Kier alpha value is -1.47. The van der Waals surface area contributed by atoms with Crippen LogP contribution in [-0.2, 0) is 21.4 Å². The van der Waals surface area contributed by atoms with Crippen molar-refractivity contribution in [1.29, 1.82) is 0 Å². The molecule has 1 fully saturated rings. The molecule has 2 aromatic rings. The zero-order valence-corrected chi connectivity index (χ0v) is 17.4. The van der Waals surface area contributed by atoms with E-state index in [1.165, 1.54) is 15.6 Å². The largest absolute Gasteiger partial charge is 0.305 e. The van der Waals surface area contributed by atoms with E-state index in [-0.39, 0.29) is 6.54 Å². The molecular formula is C17H18BrN3O3S2. The standard InChI is InChI=1S/C17H18BrN3O3S2/c1-3-9-20-13-8-7-12(18)11-15(13)25-17(20)19-16(22)14-6-4-5-10-21(14)26(2,23)24/h1,7-8,11,14H,4-6,9-10H2,2H3. The molecule has 1 aromatic carbocycles. The summed E-state index contributed by atoms with van der Waals surface area (Å²) in [4.78, 5) is 17.5. The SMILES string of the molecule is C#CCn1c(=NC(=O)C2CCCCN2S(C)(=O)=O)sc2cc(Br)ccc21. The van der Waals surface area contributed by atoms with Crippen LogP contribution in [0.4, 0.5) is 0 Å². The van der Waals surface area contributed by atoms with Gasteiger partial charge in [0, 0.05) is 11.0 Å². The molecular weight excluding hydrogens is 438 g/mol. The summed E-state index contributed by atoms with van der Waals surface area (Å²) in [6.45, 7) is 0.642. The Balaban J connectivity index is 2.07. The van der Waals surface area contributed by atoms with Crippen LogP contribution in [0.2, 0.25) is 0 Å². The van der Waals surface area contributed by atoms with Crippen molar-refractivity contribution in [2.24, 2.45) is 4.99 Å². The van der Waals surface area contributed by atoms with Gasteiger partial charge in [-0.3, -0.25) is 4.79 Å². The maximum atomic E-state index is 12.8. The van der Waals surface area contributed by atoms with E-state index in [4.69, 9.17) is 6.42 Å².